The monoisotopic (exact) mass is 548 g/mol. The molecule has 11 heteroatoms. The Labute approximate surface area is 213 Å². The number of ether oxygens (including phenoxy) is 4. The zero-order chi connectivity index (χ0) is 26.3. The average molecular weight is 549 g/mol. The highest BCUT2D eigenvalue weighted by Crippen LogP contribution is 2.37. The predicted molar refractivity (Wildman–Crippen MR) is 127 cm³/mol. The van der Waals surface area contributed by atoms with Crippen LogP contribution in [0.25, 0.3) is 0 Å². The average Bonchev–Trinajstić information content (AvgIpc) is 3.18. The van der Waals surface area contributed by atoms with Gasteiger partial charge in [0, 0.05) is 36.8 Å². The lowest BCUT2D eigenvalue weighted by Gasteiger charge is -2.30. The second-order valence-electron chi connectivity index (χ2n) is 9.55. The maximum atomic E-state index is 12.2. The number of alkyl halides is 6. The zero-order valence-electron chi connectivity index (χ0n) is 20.7. The van der Waals surface area contributed by atoms with Gasteiger partial charge in [0.2, 0.25) is 0 Å². The number of unbranched alkanes of at least 4 members (excludes halogenated alkanes) is 8. The third-order valence-corrected chi connectivity index (χ3v) is 6.68. The fourth-order valence-electron chi connectivity index (χ4n) is 3.89. The van der Waals surface area contributed by atoms with Crippen LogP contribution in [0, 0.1) is 5.41 Å². The van der Waals surface area contributed by atoms with Crippen molar-refractivity contribution < 1.29 is 45.3 Å². The molecule has 36 heavy (non-hydrogen) atoms. The smallest absolute Gasteiger partial charge is 0.389 e. The summed E-state index contributed by atoms with van der Waals surface area (Å²) in [5, 5.41) is 3.76. The molecular formula is C25H38F6O4S. The Kier molecular flexibility index (Phi) is 13.7. The van der Waals surface area contributed by atoms with E-state index in [1.54, 1.807) is 0 Å². The van der Waals surface area contributed by atoms with Gasteiger partial charge in [-0.15, -0.1) is 11.3 Å². The molecule has 2 rings (SSSR count). The van der Waals surface area contributed by atoms with Gasteiger partial charge in [-0.05, 0) is 25.7 Å². The molecule has 0 bridgehead atoms. The minimum absolute atomic E-state index is 0.164. The minimum Gasteiger partial charge on any atom is -0.488 e. The first-order chi connectivity index (χ1) is 17.1. The van der Waals surface area contributed by atoms with Crippen LogP contribution in [0.3, 0.4) is 0 Å². The summed E-state index contributed by atoms with van der Waals surface area (Å²) >= 11 is 1.49. The number of halogens is 6. The van der Waals surface area contributed by atoms with Crippen molar-refractivity contribution in [1.82, 2.24) is 0 Å². The number of fused-ring (bicyclic) bond motifs is 1. The molecule has 0 fully saturated rings. The molecule has 1 aromatic heterocycles. The number of thiophene rings is 1. The van der Waals surface area contributed by atoms with E-state index >= 15 is 0 Å². The standard InChI is InChI=1S/C25H38F6O4S/c26-24(27,28)11-7-3-1-5-9-13-32-17-23(19-34-21-15-36-16-22(21)35-20-23)18-33-14-10-6-2-4-8-12-25(29,30)31/h15-16H,1-14,17-20H2. The quantitative estimate of drug-likeness (QED) is 0.136. The van der Waals surface area contributed by atoms with E-state index < -0.39 is 30.6 Å². The van der Waals surface area contributed by atoms with Crippen LogP contribution in [0.5, 0.6) is 11.5 Å². The molecule has 0 aromatic carbocycles. The van der Waals surface area contributed by atoms with Crippen molar-refractivity contribution in [3.05, 3.63) is 10.8 Å². The highest BCUT2D eigenvalue weighted by molar-refractivity contribution is 7.08. The highest BCUT2D eigenvalue weighted by atomic mass is 32.1. The van der Waals surface area contributed by atoms with Crippen LogP contribution < -0.4 is 9.47 Å². The number of hydrogen-bond acceptors (Lipinski definition) is 5. The fourth-order valence-corrected chi connectivity index (χ4v) is 4.58. The van der Waals surface area contributed by atoms with Crippen LogP contribution in [-0.2, 0) is 9.47 Å². The first kappa shape index (κ1) is 31.0. The van der Waals surface area contributed by atoms with E-state index in [0.29, 0.717) is 64.0 Å². The largest absolute Gasteiger partial charge is 0.488 e. The predicted octanol–water partition coefficient (Wildman–Crippen LogP) is 8.34. The van der Waals surface area contributed by atoms with E-state index in [4.69, 9.17) is 18.9 Å². The molecule has 210 valence electrons. The van der Waals surface area contributed by atoms with Crippen molar-refractivity contribution >= 4 is 11.3 Å². The molecular weight excluding hydrogens is 510 g/mol. The Bertz CT molecular complexity index is 651. The van der Waals surface area contributed by atoms with Crippen molar-refractivity contribution in [2.45, 2.75) is 89.4 Å². The Morgan fingerprint density at radius 2 is 1.03 bits per heavy atom. The van der Waals surface area contributed by atoms with Gasteiger partial charge in [-0.3, -0.25) is 0 Å². The second kappa shape index (κ2) is 15.9. The normalized spacial score (nSPS) is 15.7. The van der Waals surface area contributed by atoms with Gasteiger partial charge in [0.25, 0.3) is 0 Å². The van der Waals surface area contributed by atoms with Gasteiger partial charge in [-0.2, -0.15) is 26.3 Å². The van der Waals surface area contributed by atoms with Crippen molar-refractivity contribution in [2.75, 3.05) is 39.6 Å². The Morgan fingerprint density at radius 3 is 1.44 bits per heavy atom. The fraction of sp³-hybridized carbons (Fsp3) is 0.840. The van der Waals surface area contributed by atoms with Gasteiger partial charge >= 0.3 is 12.4 Å². The third kappa shape index (κ3) is 13.9. The van der Waals surface area contributed by atoms with Gasteiger partial charge in [-0.25, -0.2) is 0 Å². The van der Waals surface area contributed by atoms with E-state index in [-0.39, 0.29) is 12.8 Å². The number of rotatable bonds is 18. The summed E-state index contributed by atoms with van der Waals surface area (Å²) in [5.41, 5.74) is -0.504. The molecule has 1 aliphatic rings. The Balaban J connectivity index is 1.64. The van der Waals surface area contributed by atoms with Crippen molar-refractivity contribution in [3.63, 3.8) is 0 Å². The molecule has 2 heterocycles. The van der Waals surface area contributed by atoms with Crippen LogP contribution in [0.2, 0.25) is 0 Å². The number of hydrogen-bond donors (Lipinski definition) is 0. The molecule has 0 aliphatic carbocycles. The van der Waals surface area contributed by atoms with Gasteiger partial charge in [0.1, 0.15) is 13.2 Å². The summed E-state index contributed by atoms with van der Waals surface area (Å²) in [7, 11) is 0. The summed E-state index contributed by atoms with van der Waals surface area (Å²) in [4.78, 5) is 0. The summed E-state index contributed by atoms with van der Waals surface area (Å²) in [6, 6.07) is 0. The first-order valence-electron chi connectivity index (χ1n) is 12.7. The van der Waals surface area contributed by atoms with Crippen LogP contribution in [0.15, 0.2) is 10.8 Å². The molecule has 0 spiro atoms. The SMILES string of the molecule is FC(F)(F)CCCCCCCOCC1(COCCCCCCCC(F)(F)F)COc2cscc2OC1. The van der Waals surface area contributed by atoms with Gasteiger partial charge in [0.15, 0.2) is 11.5 Å². The maximum absolute atomic E-state index is 12.2. The summed E-state index contributed by atoms with van der Waals surface area (Å²) in [5.74, 6) is 1.39. The molecule has 1 aromatic rings. The zero-order valence-corrected chi connectivity index (χ0v) is 21.5. The van der Waals surface area contributed by atoms with Crippen LogP contribution in [0.1, 0.15) is 77.0 Å². The minimum atomic E-state index is -4.08. The summed E-state index contributed by atoms with van der Waals surface area (Å²) in [6.07, 6.45) is -3.51. The van der Waals surface area contributed by atoms with E-state index in [1.807, 2.05) is 10.8 Å². The topological polar surface area (TPSA) is 36.9 Å². The van der Waals surface area contributed by atoms with Crippen molar-refractivity contribution in [3.8, 4) is 11.5 Å². The molecule has 0 atom stereocenters. The molecule has 4 nitrogen and oxygen atoms in total. The van der Waals surface area contributed by atoms with Crippen LogP contribution in [-0.4, -0.2) is 52.0 Å². The maximum Gasteiger partial charge on any atom is 0.389 e. The van der Waals surface area contributed by atoms with Gasteiger partial charge in [0.05, 0.1) is 18.6 Å². The van der Waals surface area contributed by atoms with Crippen molar-refractivity contribution in [1.29, 1.82) is 0 Å². The Hall–Kier alpha value is -1.20. The summed E-state index contributed by atoms with van der Waals surface area (Å²) in [6.45, 7) is 2.47. The third-order valence-electron chi connectivity index (χ3n) is 5.98. The van der Waals surface area contributed by atoms with E-state index in [0.717, 1.165) is 38.5 Å². The first-order valence-corrected chi connectivity index (χ1v) is 13.6. The van der Waals surface area contributed by atoms with Crippen LogP contribution in [0.4, 0.5) is 26.3 Å². The van der Waals surface area contributed by atoms with E-state index in [9.17, 15) is 26.3 Å². The molecule has 0 unspecified atom stereocenters. The molecule has 0 amide bonds. The van der Waals surface area contributed by atoms with Crippen LogP contribution >= 0.6 is 11.3 Å². The molecule has 0 N–H and O–H groups in total. The lowest BCUT2D eigenvalue weighted by atomic mass is 9.92. The van der Waals surface area contributed by atoms with Crippen molar-refractivity contribution in [2.24, 2.45) is 5.41 Å². The van der Waals surface area contributed by atoms with E-state index in [1.165, 1.54) is 11.3 Å². The second-order valence-corrected chi connectivity index (χ2v) is 10.3. The summed E-state index contributed by atoms with van der Waals surface area (Å²) < 4.78 is 96.8. The highest BCUT2D eigenvalue weighted by Gasteiger charge is 2.36. The lowest BCUT2D eigenvalue weighted by molar-refractivity contribution is -0.136. The molecule has 1 aliphatic heterocycles. The molecule has 0 saturated carbocycles. The van der Waals surface area contributed by atoms with E-state index in [2.05, 4.69) is 0 Å². The Morgan fingerprint density at radius 1 is 0.639 bits per heavy atom. The lowest BCUT2D eigenvalue weighted by Crippen LogP contribution is -2.42. The molecule has 0 saturated heterocycles. The molecule has 0 radical (unpaired) electrons. The van der Waals surface area contributed by atoms with Gasteiger partial charge in [-0.1, -0.05) is 38.5 Å². The van der Waals surface area contributed by atoms with Gasteiger partial charge < -0.3 is 18.9 Å².